The smallest absolute Gasteiger partial charge is 0.303 e. The van der Waals surface area contributed by atoms with Crippen molar-refractivity contribution in [2.75, 3.05) is 13.1 Å². The second-order valence-corrected chi connectivity index (χ2v) is 7.33. The average molecular weight is 932 g/mol. The molecule has 0 fully saturated rings. The zero-order chi connectivity index (χ0) is 21.3. The first-order chi connectivity index (χ1) is 13.2. The topological polar surface area (TPSA) is 99.2 Å². The molecule has 0 bridgehead atoms. The molecule has 0 saturated carbocycles. The van der Waals surface area contributed by atoms with Crippen LogP contribution in [0.15, 0.2) is 0 Å². The Labute approximate surface area is 273 Å². The zero-order valence-electron chi connectivity index (χ0n) is 19.8. The molecule has 6 nitrogen and oxygen atoms in total. The number of rotatable bonds is 9. The number of carboxylic acid groups (broad SMARTS) is 1. The van der Waals surface area contributed by atoms with Crippen molar-refractivity contribution in [1.29, 1.82) is 0 Å². The summed E-state index contributed by atoms with van der Waals surface area (Å²) in [4.78, 5) is 10.6. The largest absolute Gasteiger partial charge is 0.592 e. The fraction of sp³-hybridized carbons (Fsp3) is 0.591. The predicted molar refractivity (Wildman–Crippen MR) is 111 cm³/mol. The summed E-state index contributed by atoms with van der Waals surface area (Å²) in [5.74, 6) is -0.288. The van der Waals surface area contributed by atoms with Gasteiger partial charge in [0.15, 0.2) is 0 Å². The van der Waals surface area contributed by atoms with Crippen molar-refractivity contribution < 1.29 is 117 Å². The molecule has 5 N–H and O–H groups in total. The van der Waals surface area contributed by atoms with Crippen molar-refractivity contribution in [1.82, 2.24) is 9.13 Å². The normalized spacial score (nSPS) is 11.3. The molecule has 10 heteroatoms. The Bertz CT molecular complexity index is 750. The van der Waals surface area contributed by atoms with E-state index in [4.69, 9.17) is 16.6 Å². The first-order valence-electron chi connectivity index (χ1n) is 9.78. The number of aromatic nitrogens is 2. The first kappa shape index (κ1) is 40.7. The summed E-state index contributed by atoms with van der Waals surface area (Å²) < 4.78 is 4.01. The SMILES string of the molecule is CCC(CN)Cn1[c-]c(C)[c-]c1C.Cc1[c-]c(C)n(CC(CN)CC(=O)O)[c-]1.[W].[W].[Y].[Y]. The Morgan fingerprint density at radius 3 is 1.50 bits per heavy atom. The van der Waals surface area contributed by atoms with Gasteiger partial charge >= 0.3 is 5.97 Å². The van der Waals surface area contributed by atoms with Crippen LogP contribution in [-0.2, 0) is 125 Å². The molecule has 0 amide bonds. The Kier molecular flexibility index (Phi) is 27.7. The van der Waals surface area contributed by atoms with Crippen molar-refractivity contribution in [2.45, 2.75) is 60.5 Å². The monoisotopic (exact) mass is 932 g/mol. The third-order valence-electron chi connectivity index (χ3n) is 4.74. The standard InChI is InChI=1S/C11H16N2O2.C11H18N2.2W.2Y/c1-8-3-9(2)13(6-8)7-10(5-12)4-11(14)15;1-4-11(6-12)8-13-7-9(2)5-10(13)3;;;;/h10H,4-5,7,12H2,1-2H3,(H,14,15);11H,4,6,8,12H2,1-3H3;;;;/q2*-2;;;;. The van der Waals surface area contributed by atoms with E-state index >= 15 is 0 Å². The van der Waals surface area contributed by atoms with Gasteiger partial charge in [0.05, 0.1) is 6.42 Å². The van der Waals surface area contributed by atoms with Gasteiger partial charge in [0.1, 0.15) is 0 Å². The molecule has 0 aromatic carbocycles. The van der Waals surface area contributed by atoms with Crippen LogP contribution in [0, 0.1) is 64.1 Å². The van der Waals surface area contributed by atoms with Crippen LogP contribution in [0.3, 0.4) is 0 Å². The second kappa shape index (κ2) is 21.8. The van der Waals surface area contributed by atoms with Crippen molar-refractivity contribution in [3.05, 3.63) is 47.0 Å². The number of aryl methyl sites for hydroxylation is 4. The number of hydrogen-bond donors (Lipinski definition) is 3. The fourth-order valence-electron chi connectivity index (χ4n) is 3.03. The quantitative estimate of drug-likeness (QED) is 0.337. The molecule has 2 unspecified atom stereocenters. The number of carbonyl (C=O) groups is 1. The van der Waals surface area contributed by atoms with E-state index in [1.165, 1.54) is 0 Å². The Hall–Kier alpha value is 1.53. The van der Waals surface area contributed by atoms with Gasteiger partial charge in [-0.15, -0.1) is 13.8 Å². The molecule has 2 rings (SSSR count). The molecule has 0 spiro atoms. The molecule has 2 atom stereocenters. The van der Waals surface area contributed by atoms with Crippen LogP contribution in [0.1, 0.15) is 42.3 Å². The molecule has 32 heavy (non-hydrogen) atoms. The third kappa shape index (κ3) is 15.5. The number of nitrogens with zero attached hydrogens (tertiary/aromatic N) is 2. The maximum Gasteiger partial charge on any atom is 0.303 e. The Balaban J connectivity index is -0.000000219. The molecular formula is C22H34N4O2W2Y2-4. The summed E-state index contributed by atoms with van der Waals surface area (Å²) >= 11 is 0. The Morgan fingerprint density at radius 2 is 1.25 bits per heavy atom. The number of nitrogens with two attached hydrogens (primary N) is 2. The van der Waals surface area contributed by atoms with Crippen LogP contribution in [0.4, 0.5) is 0 Å². The van der Waals surface area contributed by atoms with Gasteiger partial charge in [-0.25, -0.2) is 5.69 Å². The number of hydrogen-bond acceptors (Lipinski definition) is 3. The first-order valence-corrected chi connectivity index (χ1v) is 9.78. The molecular weight excluding hydrogens is 898 g/mol. The van der Waals surface area contributed by atoms with Gasteiger partial charge in [-0.3, -0.25) is 11.0 Å². The van der Waals surface area contributed by atoms with E-state index in [-0.39, 0.29) is 120 Å². The molecule has 0 aliphatic heterocycles. The van der Waals surface area contributed by atoms with E-state index in [1.54, 1.807) is 0 Å². The van der Waals surface area contributed by atoms with E-state index < -0.39 is 5.97 Å². The van der Waals surface area contributed by atoms with Crippen LogP contribution in [0.5, 0.6) is 0 Å². The molecule has 0 saturated heterocycles. The summed E-state index contributed by atoms with van der Waals surface area (Å²) in [5, 5.41) is 8.68. The van der Waals surface area contributed by atoms with Crippen molar-refractivity contribution in [3.63, 3.8) is 0 Å². The van der Waals surface area contributed by atoms with Crippen molar-refractivity contribution in [2.24, 2.45) is 23.3 Å². The van der Waals surface area contributed by atoms with Gasteiger partial charge in [-0.2, -0.15) is 0 Å². The van der Waals surface area contributed by atoms with Crippen LogP contribution < -0.4 is 11.5 Å². The molecule has 2 aromatic rings. The summed E-state index contributed by atoms with van der Waals surface area (Å²) in [6, 6.07) is 6.34. The summed E-state index contributed by atoms with van der Waals surface area (Å²) in [6.45, 7) is 12.8. The van der Waals surface area contributed by atoms with E-state index in [0.29, 0.717) is 19.0 Å². The number of carboxylic acids is 1. The molecule has 2 radical (unpaired) electrons. The molecule has 0 aliphatic carbocycles. The maximum absolute atomic E-state index is 10.6. The van der Waals surface area contributed by atoms with Crippen LogP contribution in [-0.4, -0.2) is 33.3 Å². The van der Waals surface area contributed by atoms with Crippen LogP contribution in [0.2, 0.25) is 0 Å². The minimum atomic E-state index is -0.809. The molecule has 176 valence electrons. The van der Waals surface area contributed by atoms with Gasteiger partial charge in [-0.1, -0.05) is 27.2 Å². The van der Waals surface area contributed by atoms with Gasteiger partial charge in [0.2, 0.25) is 0 Å². The van der Waals surface area contributed by atoms with Crippen LogP contribution >= 0.6 is 0 Å². The van der Waals surface area contributed by atoms with Gasteiger partial charge in [-0.05, 0) is 38.0 Å². The minimum Gasteiger partial charge on any atom is -0.592 e. The second-order valence-electron chi connectivity index (χ2n) is 7.33. The van der Waals surface area contributed by atoms with Gasteiger partial charge < -0.3 is 60.9 Å². The fourth-order valence-corrected chi connectivity index (χ4v) is 3.03. The van der Waals surface area contributed by atoms with E-state index in [2.05, 4.69) is 42.9 Å². The molecule has 2 aromatic heterocycles. The molecule has 0 aliphatic rings. The third-order valence-corrected chi connectivity index (χ3v) is 4.74. The van der Waals surface area contributed by atoms with E-state index in [9.17, 15) is 4.79 Å². The van der Waals surface area contributed by atoms with Gasteiger partial charge in [0, 0.05) is 108 Å². The predicted octanol–water partition coefficient (Wildman–Crippen LogP) is 2.44. The summed E-state index contributed by atoms with van der Waals surface area (Å²) in [6.07, 6.45) is 7.57. The van der Waals surface area contributed by atoms with Crippen LogP contribution in [0.25, 0.3) is 0 Å². The summed E-state index contributed by atoms with van der Waals surface area (Å²) in [7, 11) is 0. The zero-order valence-corrected chi connectivity index (χ0v) is 31.3. The van der Waals surface area contributed by atoms with E-state index in [1.807, 2.05) is 25.3 Å². The van der Waals surface area contributed by atoms with Crippen molar-refractivity contribution >= 4 is 5.97 Å². The summed E-state index contributed by atoms with van der Waals surface area (Å²) in [5.41, 5.74) is 15.3. The minimum absolute atomic E-state index is 0. The van der Waals surface area contributed by atoms with E-state index in [0.717, 1.165) is 42.0 Å². The molecule has 2 heterocycles. The Morgan fingerprint density at radius 1 is 0.875 bits per heavy atom. The maximum atomic E-state index is 10.6. The number of aliphatic carboxylic acids is 1. The van der Waals surface area contributed by atoms with Gasteiger partial charge in [0.25, 0.3) is 0 Å². The van der Waals surface area contributed by atoms with Crippen molar-refractivity contribution in [3.8, 4) is 0 Å². The average Bonchev–Trinajstić information content (AvgIpc) is 3.11.